The third-order valence-corrected chi connectivity index (χ3v) is 4.07. The van der Waals surface area contributed by atoms with Crippen LogP contribution >= 0.6 is 0 Å². The highest BCUT2D eigenvalue weighted by Gasteiger charge is 2.36. The Labute approximate surface area is 138 Å². The Morgan fingerprint density at radius 1 is 1.35 bits per heavy atom. The summed E-state index contributed by atoms with van der Waals surface area (Å²) in [7, 11) is 1.68. The van der Waals surface area contributed by atoms with Gasteiger partial charge in [0.1, 0.15) is 23.9 Å². The van der Waals surface area contributed by atoms with Gasteiger partial charge in [-0.15, -0.1) is 0 Å². The van der Waals surface area contributed by atoms with E-state index in [1.807, 2.05) is 17.5 Å². The molecular weight excluding hydrogens is 292 g/mol. The lowest BCUT2D eigenvalue weighted by atomic mass is 10.1. The number of hydrogen-bond acceptors (Lipinski definition) is 6. The number of allylic oxidation sites excluding steroid dienone is 1. The van der Waals surface area contributed by atoms with Crippen LogP contribution in [0.4, 0.5) is 0 Å². The van der Waals surface area contributed by atoms with Crippen LogP contribution in [0, 0.1) is 0 Å². The van der Waals surface area contributed by atoms with Gasteiger partial charge in [-0.1, -0.05) is 6.92 Å². The van der Waals surface area contributed by atoms with E-state index in [1.165, 1.54) is 5.57 Å². The second-order valence-corrected chi connectivity index (χ2v) is 6.35. The molecule has 0 aromatic rings. The fourth-order valence-electron chi connectivity index (χ4n) is 3.16. The maximum Gasteiger partial charge on any atom is 0.149 e. The predicted molar refractivity (Wildman–Crippen MR) is 89.9 cm³/mol. The van der Waals surface area contributed by atoms with Crippen molar-refractivity contribution in [3.8, 4) is 0 Å². The topological polar surface area (TPSA) is 40.5 Å². The molecule has 0 aliphatic carbocycles. The zero-order chi connectivity index (χ0) is 16.6. The van der Waals surface area contributed by atoms with Crippen molar-refractivity contribution >= 4 is 6.21 Å². The average Bonchev–Trinajstić information content (AvgIpc) is 2.93. The van der Waals surface area contributed by atoms with E-state index in [0.29, 0.717) is 6.67 Å². The molecule has 6 nitrogen and oxygen atoms in total. The fraction of sp³-hybridized carbons (Fsp3) is 0.588. The zero-order valence-corrected chi connectivity index (χ0v) is 14.7. The summed E-state index contributed by atoms with van der Waals surface area (Å²) in [6, 6.07) is 0. The predicted octanol–water partition coefficient (Wildman–Crippen LogP) is 2.64. The Morgan fingerprint density at radius 2 is 2.13 bits per heavy atom. The zero-order valence-electron chi connectivity index (χ0n) is 14.7. The number of nitrogens with zero attached hydrogens (tertiary/aromatic N) is 4. The monoisotopic (exact) mass is 318 g/mol. The highest BCUT2D eigenvalue weighted by molar-refractivity contribution is 5.82. The minimum atomic E-state index is 0.132. The molecule has 23 heavy (non-hydrogen) atoms. The summed E-state index contributed by atoms with van der Waals surface area (Å²) in [6.07, 6.45) is 5.10. The van der Waals surface area contributed by atoms with E-state index in [-0.39, 0.29) is 6.10 Å². The largest absolute Gasteiger partial charge is 0.489 e. The number of rotatable bonds is 5. The molecule has 3 rings (SSSR count). The minimum Gasteiger partial charge on any atom is -0.489 e. The van der Waals surface area contributed by atoms with E-state index in [9.17, 15) is 0 Å². The van der Waals surface area contributed by atoms with Crippen molar-refractivity contribution in [1.29, 1.82) is 0 Å². The maximum absolute atomic E-state index is 6.09. The van der Waals surface area contributed by atoms with Crippen molar-refractivity contribution < 1.29 is 9.57 Å². The highest BCUT2D eigenvalue weighted by Crippen LogP contribution is 2.37. The normalized spacial score (nSPS) is 20.4. The first-order chi connectivity index (χ1) is 11.0. The third kappa shape index (κ3) is 2.83. The Balaban J connectivity index is 2.02. The Hall–Kier alpha value is -1.95. The molecule has 0 unspecified atom stereocenters. The van der Waals surface area contributed by atoms with E-state index in [0.717, 1.165) is 42.5 Å². The van der Waals surface area contributed by atoms with Gasteiger partial charge in [-0.2, -0.15) is 0 Å². The van der Waals surface area contributed by atoms with Crippen molar-refractivity contribution in [3.05, 3.63) is 34.7 Å². The summed E-state index contributed by atoms with van der Waals surface area (Å²) < 4.78 is 6.09. The summed E-state index contributed by atoms with van der Waals surface area (Å²) in [5, 5.41) is 1.82. The fourth-order valence-corrected chi connectivity index (χ4v) is 3.16. The van der Waals surface area contributed by atoms with Crippen molar-refractivity contribution in [2.24, 2.45) is 4.99 Å². The van der Waals surface area contributed by atoms with Crippen LogP contribution in [0.5, 0.6) is 0 Å². The van der Waals surface area contributed by atoms with Crippen LogP contribution in [0.25, 0.3) is 0 Å². The Morgan fingerprint density at radius 3 is 2.78 bits per heavy atom. The van der Waals surface area contributed by atoms with Gasteiger partial charge in [-0.3, -0.25) is 4.84 Å². The van der Waals surface area contributed by atoms with Gasteiger partial charge in [0.05, 0.1) is 31.3 Å². The van der Waals surface area contributed by atoms with Crippen LogP contribution in [0.1, 0.15) is 34.1 Å². The molecule has 3 aliphatic heterocycles. The van der Waals surface area contributed by atoms with Crippen LogP contribution in [-0.4, -0.2) is 54.0 Å². The average molecular weight is 318 g/mol. The molecule has 0 spiro atoms. The molecule has 0 bridgehead atoms. The molecule has 0 fully saturated rings. The number of hydroxylamine groups is 2. The van der Waals surface area contributed by atoms with Gasteiger partial charge in [-0.05, 0) is 32.8 Å². The highest BCUT2D eigenvalue weighted by atomic mass is 16.7. The second kappa shape index (κ2) is 6.28. The number of aliphatic imine (C=N–C) groups is 1. The lowest BCUT2D eigenvalue weighted by molar-refractivity contribution is -0.0972. The maximum atomic E-state index is 6.09. The molecular formula is C17H26N4O2. The van der Waals surface area contributed by atoms with Gasteiger partial charge in [0.2, 0.25) is 0 Å². The SMILES string of the molecule is CCCN1CC(C)=C(OC(C)C)C2=C1N1CN(OC)C=C1C=N2. The molecule has 0 aromatic heterocycles. The van der Waals surface area contributed by atoms with Crippen LogP contribution in [0.15, 0.2) is 39.7 Å². The Kier molecular flexibility index (Phi) is 4.35. The summed E-state index contributed by atoms with van der Waals surface area (Å²) in [4.78, 5) is 14.7. The first kappa shape index (κ1) is 15.9. The lowest BCUT2D eigenvalue weighted by Gasteiger charge is -2.40. The van der Waals surface area contributed by atoms with E-state index in [2.05, 4.69) is 37.5 Å². The summed E-state index contributed by atoms with van der Waals surface area (Å²) in [5.41, 5.74) is 3.22. The van der Waals surface area contributed by atoms with Crippen LogP contribution < -0.4 is 0 Å². The summed E-state index contributed by atoms with van der Waals surface area (Å²) >= 11 is 0. The van der Waals surface area contributed by atoms with E-state index < -0.39 is 0 Å². The van der Waals surface area contributed by atoms with Crippen LogP contribution in [0.3, 0.4) is 0 Å². The molecule has 126 valence electrons. The molecule has 0 saturated heterocycles. The minimum absolute atomic E-state index is 0.132. The first-order valence-electron chi connectivity index (χ1n) is 8.25. The molecule has 3 aliphatic rings. The number of fused-ring (bicyclic) bond motifs is 2. The van der Waals surface area contributed by atoms with Crippen LogP contribution in [-0.2, 0) is 9.57 Å². The summed E-state index contributed by atoms with van der Waals surface area (Å²) in [5.74, 6) is 2.05. The Bertz CT molecular complexity index is 604. The van der Waals surface area contributed by atoms with E-state index in [1.54, 1.807) is 7.11 Å². The second-order valence-electron chi connectivity index (χ2n) is 6.35. The van der Waals surface area contributed by atoms with E-state index in [4.69, 9.17) is 14.6 Å². The van der Waals surface area contributed by atoms with Crippen LogP contribution in [0.2, 0.25) is 0 Å². The molecule has 3 heterocycles. The molecule has 6 heteroatoms. The number of hydrogen-bond donors (Lipinski definition) is 0. The molecule has 0 radical (unpaired) electrons. The quantitative estimate of drug-likeness (QED) is 0.779. The van der Waals surface area contributed by atoms with Gasteiger partial charge in [0.15, 0.2) is 0 Å². The molecule has 0 atom stereocenters. The van der Waals surface area contributed by atoms with E-state index >= 15 is 0 Å². The van der Waals surface area contributed by atoms with Gasteiger partial charge < -0.3 is 14.5 Å². The van der Waals surface area contributed by atoms with Gasteiger partial charge in [0.25, 0.3) is 0 Å². The standard InChI is InChI=1S/C17H26N4O2/c1-6-7-19-9-13(4)16(23-12(2)3)15-17(19)21-11-20(22-5)10-14(21)8-18-15/h8,10,12H,6-7,9,11H2,1-5H3. The molecule has 0 N–H and O–H groups in total. The molecule has 0 saturated carbocycles. The number of ether oxygens (including phenoxy) is 1. The lowest BCUT2D eigenvalue weighted by Crippen LogP contribution is -2.42. The van der Waals surface area contributed by atoms with Crippen molar-refractivity contribution in [3.63, 3.8) is 0 Å². The van der Waals surface area contributed by atoms with Crippen molar-refractivity contribution in [2.75, 3.05) is 26.9 Å². The van der Waals surface area contributed by atoms with Gasteiger partial charge in [-0.25, -0.2) is 10.1 Å². The van der Waals surface area contributed by atoms with Gasteiger partial charge in [0, 0.05) is 13.1 Å². The smallest absolute Gasteiger partial charge is 0.149 e. The first-order valence-corrected chi connectivity index (χ1v) is 8.25. The molecule has 0 aromatic carbocycles. The van der Waals surface area contributed by atoms with Gasteiger partial charge >= 0.3 is 0 Å². The van der Waals surface area contributed by atoms with Crippen molar-refractivity contribution in [2.45, 2.75) is 40.2 Å². The third-order valence-electron chi connectivity index (χ3n) is 4.07. The molecule has 0 amide bonds. The van der Waals surface area contributed by atoms with Crippen molar-refractivity contribution in [1.82, 2.24) is 14.9 Å². The summed E-state index contributed by atoms with van der Waals surface area (Å²) in [6.45, 7) is 11.0.